The molecule has 7 heteroatoms. The van der Waals surface area contributed by atoms with Crippen LogP contribution in [0.4, 0.5) is 0 Å². The molecule has 1 N–H and O–H groups in total. The first-order valence-electron chi connectivity index (χ1n) is 7.27. The van der Waals surface area contributed by atoms with Crippen molar-refractivity contribution >= 4 is 15.7 Å². The molecule has 0 saturated carbocycles. The number of hydrogen-bond donors (Lipinski definition) is 1. The van der Waals surface area contributed by atoms with Gasteiger partial charge in [0, 0.05) is 38.8 Å². The van der Waals surface area contributed by atoms with E-state index in [2.05, 4.69) is 22.2 Å². The maximum Gasteiger partial charge on any atom is 0.224 e. The van der Waals surface area contributed by atoms with Crippen LogP contribution in [0.25, 0.3) is 0 Å². The summed E-state index contributed by atoms with van der Waals surface area (Å²) in [5, 5.41) is 2.96. The van der Waals surface area contributed by atoms with Crippen LogP contribution in [0.1, 0.15) is 13.3 Å². The molecule has 0 spiro atoms. The van der Waals surface area contributed by atoms with Crippen molar-refractivity contribution in [1.29, 1.82) is 0 Å². The zero-order valence-electron chi connectivity index (χ0n) is 12.3. The van der Waals surface area contributed by atoms with E-state index < -0.39 is 9.84 Å². The summed E-state index contributed by atoms with van der Waals surface area (Å²) in [4.78, 5) is 16.7. The fourth-order valence-corrected chi connectivity index (χ4v) is 4.57. The maximum absolute atomic E-state index is 12.0. The smallest absolute Gasteiger partial charge is 0.224 e. The third-order valence-corrected chi connectivity index (χ3v) is 5.89. The van der Waals surface area contributed by atoms with Crippen LogP contribution in [0, 0.1) is 5.92 Å². The molecule has 2 atom stereocenters. The molecule has 1 amide bonds. The van der Waals surface area contributed by atoms with Gasteiger partial charge in [0.15, 0.2) is 9.84 Å². The van der Waals surface area contributed by atoms with Gasteiger partial charge in [-0.25, -0.2) is 8.42 Å². The number of carbonyl (C=O) groups excluding carboxylic acids is 1. The van der Waals surface area contributed by atoms with Gasteiger partial charge in [0.2, 0.25) is 5.91 Å². The number of rotatable bonds is 4. The highest BCUT2D eigenvalue weighted by atomic mass is 32.2. The number of nitrogens with zero attached hydrogens (tertiary/aromatic N) is 2. The lowest BCUT2D eigenvalue weighted by atomic mass is 10.1. The van der Waals surface area contributed by atoms with Crippen molar-refractivity contribution in [3.05, 3.63) is 0 Å². The zero-order valence-corrected chi connectivity index (χ0v) is 13.2. The normalized spacial score (nSPS) is 29.2. The van der Waals surface area contributed by atoms with Crippen molar-refractivity contribution in [2.75, 3.05) is 51.3 Å². The topological polar surface area (TPSA) is 69.7 Å². The standard InChI is InChI=1S/C13H25N3O3S/c1-11(9-16-6-4-15(2)5-7-16)14-13(17)12-3-8-20(18,19)10-12/h11-12H,3-10H2,1-2H3,(H,14,17)/t11-,12+/m0/s1. The minimum atomic E-state index is -2.99. The van der Waals surface area contributed by atoms with E-state index in [1.165, 1.54) is 0 Å². The number of hydrogen-bond acceptors (Lipinski definition) is 5. The molecule has 0 bridgehead atoms. The van der Waals surface area contributed by atoms with Gasteiger partial charge < -0.3 is 10.2 Å². The molecule has 0 radical (unpaired) electrons. The molecule has 116 valence electrons. The summed E-state index contributed by atoms with van der Waals surface area (Å²) in [6.07, 6.45) is 0.468. The van der Waals surface area contributed by atoms with Crippen LogP contribution < -0.4 is 5.32 Å². The number of nitrogens with one attached hydrogen (secondary N) is 1. The van der Waals surface area contributed by atoms with Gasteiger partial charge in [0.1, 0.15) is 0 Å². The summed E-state index contributed by atoms with van der Waals surface area (Å²) in [7, 11) is -0.872. The van der Waals surface area contributed by atoms with Crippen LogP contribution >= 0.6 is 0 Å². The van der Waals surface area contributed by atoms with E-state index in [4.69, 9.17) is 0 Å². The van der Waals surface area contributed by atoms with Crippen LogP contribution in [0.3, 0.4) is 0 Å². The molecule has 0 aromatic carbocycles. The molecule has 20 heavy (non-hydrogen) atoms. The Hall–Kier alpha value is -0.660. The van der Waals surface area contributed by atoms with E-state index in [0.717, 1.165) is 32.7 Å². The summed E-state index contributed by atoms with van der Waals surface area (Å²) in [6, 6.07) is 0.0641. The molecule has 2 aliphatic heterocycles. The van der Waals surface area contributed by atoms with Crippen molar-refractivity contribution in [2.24, 2.45) is 5.92 Å². The lowest BCUT2D eigenvalue weighted by molar-refractivity contribution is -0.125. The predicted molar refractivity (Wildman–Crippen MR) is 78.3 cm³/mol. The van der Waals surface area contributed by atoms with Gasteiger partial charge in [0.05, 0.1) is 17.4 Å². The second-order valence-electron chi connectivity index (χ2n) is 6.11. The molecule has 0 aromatic rings. The van der Waals surface area contributed by atoms with Gasteiger partial charge in [-0.05, 0) is 20.4 Å². The fourth-order valence-electron chi connectivity index (χ4n) is 2.83. The number of piperazine rings is 1. The van der Waals surface area contributed by atoms with Gasteiger partial charge in [0.25, 0.3) is 0 Å². The summed E-state index contributed by atoms with van der Waals surface area (Å²) < 4.78 is 22.8. The second-order valence-corrected chi connectivity index (χ2v) is 8.34. The molecule has 2 aliphatic rings. The summed E-state index contributed by atoms with van der Waals surface area (Å²) >= 11 is 0. The molecule has 6 nitrogen and oxygen atoms in total. The van der Waals surface area contributed by atoms with Crippen molar-refractivity contribution in [3.63, 3.8) is 0 Å². The molecule has 0 unspecified atom stereocenters. The summed E-state index contributed by atoms with van der Waals surface area (Å²) in [5.41, 5.74) is 0. The fraction of sp³-hybridized carbons (Fsp3) is 0.923. The minimum Gasteiger partial charge on any atom is -0.352 e. The van der Waals surface area contributed by atoms with E-state index in [1.807, 2.05) is 6.92 Å². The third-order valence-electron chi connectivity index (χ3n) is 4.12. The molecular formula is C13H25N3O3S. The number of carbonyl (C=O) groups is 1. The summed E-state index contributed by atoms with van der Waals surface area (Å²) in [5.74, 6) is -0.291. The van der Waals surface area contributed by atoms with Crippen molar-refractivity contribution < 1.29 is 13.2 Å². The quantitative estimate of drug-likeness (QED) is 0.734. The Balaban J connectivity index is 1.74. The zero-order chi connectivity index (χ0) is 14.8. The second kappa shape index (κ2) is 6.41. The number of sulfone groups is 1. The first-order chi connectivity index (χ1) is 9.35. The van der Waals surface area contributed by atoms with Gasteiger partial charge in [-0.2, -0.15) is 0 Å². The molecular weight excluding hydrogens is 278 g/mol. The van der Waals surface area contributed by atoms with Gasteiger partial charge in [-0.15, -0.1) is 0 Å². The molecule has 2 rings (SSSR count). The lowest BCUT2D eigenvalue weighted by Crippen LogP contribution is -2.50. The molecule has 2 fully saturated rings. The Morgan fingerprint density at radius 1 is 1.30 bits per heavy atom. The van der Waals surface area contributed by atoms with Crippen LogP contribution in [0.15, 0.2) is 0 Å². The monoisotopic (exact) mass is 303 g/mol. The Bertz CT molecular complexity index is 444. The Labute approximate surface area is 121 Å². The first kappa shape index (κ1) is 15.7. The van der Waals surface area contributed by atoms with E-state index in [9.17, 15) is 13.2 Å². The molecule has 0 aromatic heterocycles. The van der Waals surface area contributed by atoms with Crippen molar-refractivity contribution in [1.82, 2.24) is 15.1 Å². The van der Waals surface area contributed by atoms with Crippen LogP contribution in [-0.4, -0.2) is 81.4 Å². The van der Waals surface area contributed by atoms with Crippen LogP contribution in [-0.2, 0) is 14.6 Å². The van der Waals surface area contributed by atoms with E-state index >= 15 is 0 Å². The van der Waals surface area contributed by atoms with Gasteiger partial charge >= 0.3 is 0 Å². The minimum absolute atomic E-state index is 0.0140. The van der Waals surface area contributed by atoms with Crippen molar-refractivity contribution in [3.8, 4) is 0 Å². The lowest BCUT2D eigenvalue weighted by Gasteiger charge is -2.34. The Morgan fingerprint density at radius 3 is 2.50 bits per heavy atom. The summed E-state index contributed by atoms with van der Waals surface area (Å²) in [6.45, 7) is 6.98. The largest absolute Gasteiger partial charge is 0.352 e. The number of amides is 1. The SMILES string of the molecule is C[C@@H](CN1CCN(C)CC1)NC(=O)[C@@H]1CCS(=O)(=O)C1. The third kappa shape index (κ3) is 4.43. The van der Waals surface area contributed by atoms with E-state index in [-0.39, 0.29) is 29.4 Å². The molecule has 2 saturated heterocycles. The maximum atomic E-state index is 12.0. The first-order valence-corrected chi connectivity index (χ1v) is 9.09. The molecule has 0 aliphatic carbocycles. The van der Waals surface area contributed by atoms with Crippen molar-refractivity contribution in [2.45, 2.75) is 19.4 Å². The average Bonchev–Trinajstić information content (AvgIpc) is 2.73. The van der Waals surface area contributed by atoms with Gasteiger partial charge in [-0.1, -0.05) is 0 Å². The Morgan fingerprint density at radius 2 is 1.95 bits per heavy atom. The number of likely N-dealkylation sites (N-methyl/N-ethyl adjacent to an activating group) is 1. The highest BCUT2D eigenvalue weighted by molar-refractivity contribution is 7.91. The Kier molecular flexibility index (Phi) is 5.04. The van der Waals surface area contributed by atoms with E-state index in [0.29, 0.717) is 6.42 Å². The molecule has 2 heterocycles. The average molecular weight is 303 g/mol. The van der Waals surface area contributed by atoms with Gasteiger partial charge in [-0.3, -0.25) is 9.69 Å². The predicted octanol–water partition coefficient (Wildman–Crippen LogP) is -0.827. The van der Waals surface area contributed by atoms with E-state index in [1.54, 1.807) is 0 Å². The van der Waals surface area contributed by atoms with Crippen LogP contribution in [0.5, 0.6) is 0 Å². The highest BCUT2D eigenvalue weighted by Crippen LogP contribution is 2.18. The van der Waals surface area contributed by atoms with Crippen LogP contribution in [0.2, 0.25) is 0 Å². The highest BCUT2D eigenvalue weighted by Gasteiger charge is 2.33.